The molecule has 3 aromatic heterocycles. The minimum absolute atomic E-state index is 0.0741. The molecule has 0 unspecified atom stereocenters. The van der Waals surface area contributed by atoms with Gasteiger partial charge in [-0.2, -0.15) is 23.0 Å². The summed E-state index contributed by atoms with van der Waals surface area (Å²) < 4.78 is 45.9. The predicted molar refractivity (Wildman–Crippen MR) is 84.0 cm³/mol. The lowest BCUT2D eigenvalue weighted by Crippen LogP contribution is -2.31. The average Bonchev–Trinajstić information content (AvgIpc) is 3.06. The number of rotatable bonds is 3. The zero-order valence-electron chi connectivity index (χ0n) is 13.9. The van der Waals surface area contributed by atoms with Crippen LogP contribution in [0.25, 0.3) is 16.9 Å². The van der Waals surface area contributed by atoms with Crippen LogP contribution in [-0.2, 0) is 18.0 Å². The number of carbonyl (C=O) groups excluding carboxylic acids is 1. The van der Waals surface area contributed by atoms with Gasteiger partial charge in [0.2, 0.25) is 0 Å². The van der Waals surface area contributed by atoms with Gasteiger partial charge in [0, 0.05) is 18.8 Å². The molecule has 0 bridgehead atoms. The molecule has 12 heteroatoms. The van der Waals surface area contributed by atoms with Crippen molar-refractivity contribution in [3.8, 4) is 16.9 Å². The quantitative estimate of drug-likeness (QED) is 0.629. The van der Waals surface area contributed by atoms with Crippen molar-refractivity contribution in [1.82, 2.24) is 29.8 Å². The maximum atomic E-state index is 13.2. The van der Waals surface area contributed by atoms with Gasteiger partial charge in [-0.05, 0) is 12.1 Å². The van der Waals surface area contributed by atoms with Crippen molar-refractivity contribution < 1.29 is 22.7 Å². The Bertz CT molecular complexity index is 1070. The number of hydrogen-bond donors (Lipinski definition) is 0. The van der Waals surface area contributed by atoms with Gasteiger partial charge in [0.25, 0.3) is 5.56 Å². The Morgan fingerprint density at radius 2 is 1.93 bits per heavy atom. The van der Waals surface area contributed by atoms with Gasteiger partial charge in [0.05, 0.1) is 30.9 Å². The largest absolute Gasteiger partial charge is 0.464 e. The molecular weight excluding hydrogens is 369 g/mol. The molecule has 0 spiro atoms. The third-order valence-corrected chi connectivity index (χ3v) is 3.59. The van der Waals surface area contributed by atoms with Gasteiger partial charge >= 0.3 is 12.1 Å². The molecule has 0 aromatic carbocycles. The predicted octanol–water partition coefficient (Wildman–Crippen LogP) is 1.23. The van der Waals surface area contributed by atoms with Crippen LogP contribution in [0.5, 0.6) is 0 Å². The minimum atomic E-state index is -4.98. The van der Waals surface area contributed by atoms with Gasteiger partial charge in [-0.1, -0.05) is 5.21 Å². The molecule has 0 saturated carbocycles. The lowest BCUT2D eigenvalue weighted by Gasteiger charge is -2.12. The summed E-state index contributed by atoms with van der Waals surface area (Å²) in [5, 5.41) is 11.1. The molecule has 0 aliphatic carbocycles. The summed E-state index contributed by atoms with van der Waals surface area (Å²) in [4.78, 5) is 27.9. The first kappa shape index (κ1) is 18.2. The highest BCUT2D eigenvalue weighted by atomic mass is 19.4. The number of pyridine rings is 1. The monoisotopic (exact) mass is 380 g/mol. The fraction of sp³-hybridized carbons (Fsp3) is 0.200. The van der Waals surface area contributed by atoms with Gasteiger partial charge < -0.3 is 4.74 Å². The summed E-state index contributed by atoms with van der Waals surface area (Å²) in [6.45, 7) is 0. The fourth-order valence-corrected chi connectivity index (χ4v) is 2.31. The number of alkyl halides is 3. The van der Waals surface area contributed by atoms with Crippen LogP contribution < -0.4 is 5.56 Å². The van der Waals surface area contributed by atoms with E-state index in [9.17, 15) is 22.8 Å². The van der Waals surface area contributed by atoms with Crippen LogP contribution in [0.4, 0.5) is 13.2 Å². The highest BCUT2D eigenvalue weighted by molar-refractivity contribution is 5.87. The lowest BCUT2D eigenvalue weighted by atomic mass is 10.2. The lowest BCUT2D eigenvalue weighted by molar-refractivity contribution is -0.139. The summed E-state index contributed by atoms with van der Waals surface area (Å²) in [6, 6.07) is 1.73. The van der Waals surface area contributed by atoms with Crippen molar-refractivity contribution in [2.75, 3.05) is 7.11 Å². The zero-order chi connectivity index (χ0) is 19.8. The number of aromatic nitrogens is 6. The first-order chi connectivity index (χ1) is 12.7. The molecule has 0 amide bonds. The fourth-order valence-electron chi connectivity index (χ4n) is 2.31. The number of esters is 1. The molecule has 0 fully saturated rings. The number of nitrogens with zero attached hydrogens (tertiary/aromatic N) is 6. The van der Waals surface area contributed by atoms with Crippen molar-refractivity contribution in [2.45, 2.75) is 6.18 Å². The molecule has 3 rings (SSSR count). The average molecular weight is 380 g/mol. The maximum Gasteiger partial charge on any atom is 0.421 e. The van der Waals surface area contributed by atoms with Crippen LogP contribution in [0.3, 0.4) is 0 Å². The van der Waals surface area contributed by atoms with E-state index in [0.29, 0.717) is 22.0 Å². The van der Waals surface area contributed by atoms with E-state index < -0.39 is 29.0 Å². The smallest absolute Gasteiger partial charge is 0.421 e. The third-order valence-electron chi connectivity index (χ3n) is 3.59. The second-order valence-corrected chi connectivity index (χ2v) is 5.32. The number of halogens is 3. The standard InChI is InChI=1S/C15H11F3N6O3/c1-23-12(7-20-22-23)8-3-9(6-19-5-8)24-13(25)10(15(16,17)18)4-11(21-24)14(26)27-2/h3-7H,1-2H3. The summed E-state index contributed by atoms with van der Waals surface area (Å²) in [7, 11) is 2.60. The van der Waals surface area contributed by atoms with E-state index in [-0.39, 0.29) is 5.69 Å². The Labute approximate surface area is 149 Å². The maximum absolute atomic E-state index is 13.2. The van der Waals surface area contributed by atoms with Crippen molar-refractivity contribution in [2.24, 2.45) is 7.05 Å². The number of ether oxygens (including phenoxy) is 1. The number of carbonyl (C=O) groups is 1. The number of methoxy groups -OCH3 is 1. The van der Waals surface area contributed by atoms with Gasteiger partial charge in [0.1, 0.15) is 5.56 Å². The molecule has 140 valence electrons. The van der Waals surface area contributed by atoms with Crippen molar-refractivity contribution in [3.63, 3.8) is 0 Å². The molecule has 0 N–H and O–H groups in total. The Hall–Kier alpha value is -3.57. The minimum Gasteiger partial charge on any atom is -0.464 e. The molecule has 9 nitrogen and oxygen atoms in total. The van der Waals surface area contributed by atoms with Crippen molar-refractivity contribution >= 4 is 5.97 Å². The molecular formula is C15H11F3N6O3. The summed E-state index contributed by atoms with van der Waals surface area (Å²) in [6.07, 6.45) is -1.00. The van der Waals surface area contributed by atoms with E-state index >= 15 is 0 Å². The van der Waals surface area contributed by atoms with E-state index in [4.69, 9.17) is 0 Å². The highest BCUT2D eigenvalue weighted by Crippen LogP contribution is 2.27. The Morgan fingerprint density at radius 1 is 1.19 bits per heavy atom. The van der Waals surface area contributed by atoms with Crippen LogP contribution in [0.15, 0.2) is 35.5 Å². The summed E-state index contributed by atoms with van der Waals surface area (Å²) >= 11 is 0. The van der Waals surface area contributed by atoms with Gasteiger partial charge in [-0.15, -0.1) is 5.10 Å². The topological polar surface area (TPSA) is 105 Å². The Balaban J connectivity index is 2.24. The molecule has 0 atom stereocenters. The first-order valence-electron chi connectivity index (χ1n) is 7.32. The van der Waals surface area contributed by atoms with E-state index in [1.54, 1.807) is 7.05 Å². The van der Waals surface area contributed by atoms with Crippen LogP contribution >= 0.6 is 0 Å². The number of aryl methyl sites for hydroxylation is 1. The summed E-state index contributed by atoms with van der Waals surface area (Å²) in [5.41, 5.74) is -2.79. The van der Waals surface area contributed by atoms with Crippen molar-refractivity contribution in [1.29, 1.82) is 0 Å². The summed E-state index contributed by atoms with van der Waals surface area (Å²) in [5.74, 6) is -1.12. The molecule has 0 saturated heterocycles. The molecule has 3 heterocycles. The van der Waals surface area contributed by atoms with Gasteiger partial charge in [-0.3, -0.25) is 9.78 Å². The second-order valence-electron chi connectivity index (χ2n) is 5.32. The molecule has 0 aliphatic heterocycles. The Kier molecular flexibility index (Phi) is 4.47. The van der Waals surface area contributed by atoms with E-state index in [2.05, 4.69) is 25.1 Å². The normalized spacial score (nSPS) is 11.4. The van der Waals surface area contributed by atoms with Crippen molar-refractivity contribution in [3.05, 3.63) is 52.3 Å². The van der Waals surface area contributed by atoms with Crippen LogP contribution in [-0.4, -0.2) is 42.8 Å². The van der Waals surface area contributed by atoms with E-state index in [0.717, 1.165) is 13.3 Å². The zero-order valence-corrected chi connectivity index (χ0v) is 13.9. The van der Waals surface area contributed by atoms with Crippen LogP contribution in [0.2, 0.25) is 0 Å². The van der Waals surface area contributed by atoms with Crippen LogP contribution in [0.1, 0.15) is 16.1 Å². The van der Waals surface area contributed by atoms with Crippen LogP contribution in [0, 0.1) is 0 Å². The van der Waals surface area contributed by atoms with E-state index in [1.165, 1.54) is 23.1 Å². The molecule has 27 heavy (non-hydrogen) atoms. The Morgan fingerprint density at radius 3 is 2.52 bits per heavy atom. The first-order valence-corrected chi connectivity index (χ1v) is 7.32. The van der Waals surface area contributed by atoms with Gasteiger partial charge in [0.15, 0.2) is 5.69 Å². The molecule has 0 aliphatic rings. The SMILES string of the molecule is COC(=O)c1cc(C(F)(F)F)c(=O)n(-c2cncc(-c3cnnn3C)c2)n1. The second kappa shape index (κ2) is 6.63. The molecule has 0 radical (unpaired) electrons. The van der Waals surface area contributed by atoms with Gasteiger partial charge in [-0.25, -0.2) is 9.48 Å². The third kappa shape index (κ3) is 3.41. The number of hydrogen-bond acceptors (Lipinski definition) is 7. The van der Waals surface area contributed by atoms with E-state index in [1.807, 2.05) is 0 Å². The highest BCUT2D eigenvalue weighted by Gasteiger charge is 2.36. The molecule has 3 aromatic rings.